The van der Waals surface area contributed by atoms with Crippen molar-refractivity contribution in [1.29, 1.82) is 0 Å². The molecular weight excluding hydrogens is 330 g/mol. The number of ketones is 1. The van der Waals surface area contributed by atoms with Gasteiger partial charge in [-0.2, -0.15) is 0 Å². The van der Waals surface area contributed by atoms with Crippen LogP contribution in [0.15, 0.2) is 36.4 Å². The van der Waals surface area contributed by atoms with Crippen LogP contribution >= 0.6 is 0 Å². The van der Waals surface area contributed by atoms with Gasteiger partial charge >= 0.3 is 5.97 Å². The predicted octanol–water partition coefficient (Wildman–Crippen LogP) is 4.13. The summed E-state index contributed by atoms with van der Waals surface area (Å²) >= 11 is 0. The van der Waals surface area contributed by atoms with Crippen LogP contribution in [-0.4, -0.2) is 30.0 Å². The molecule has 5 heteroatoms. The maximum Gasteiger partial charge on any atom is 0.331 e. The molecule has 0 bridgehead atoms. The van der Waals surface area contributed by atoms with E-state index in [1.807, 2.05) is 38.1 Å². The molecule has 0 amide bonds. The van der Waals surface area contributed by atoms with Gasteiger partial charge in [0.05, 0.1) is 7.11 Å². The number of carbonyl (C=O) groups is 2. The molecule has 0 fully saturated rings. The van der Waals surface area contributed by atoms with E-state index in [-0.39, 0.29) is 18.4 Å². The number of hydrogen-bond donors (Lipinski definition) is 0. The van der Waals surface area contributed by atoms with E-state index in [0.717, 1.165) is 17.0 Å². The quantitative estimate of drug-likeness (QED) is 0.426. The number of benzene rings is 1. The van der Waals surface area contributed by atoms with Crippen LogP contribution in [0, 0.1) is 13.8 Å². The Morgan fingerprint density at radius 1 is 1.19 bits per heavy atom. The molecule has 0 atom stereocenters. The Morgan fingerprint density at radius 2 is 1.88 bits per heavy atom. The Hall–Kier alpha value is -2.82. The van der Waals surface area contributed by atoms with E-state index in [1.165, 1.54) is 6.08 Å². The summed E-state index contributed by atoms with van der Waals surface area (Å²) in [7, 11) is 1.57. The number of carbonyl (C=O) groups excluding carboxylic acids is 2. The van der Waals surface area contributed by atoms with Crippen LogP contribution in [0.2, 0.25) is 0 Å². The first-order valence-corrected chi connectivity index (χ1v) is 8.54. The highest BCUT2D eigenvalue weighted by molar-refractivity contribution is 6.00. The van der Waals surface area contributed by atoms with Crippen LogP contribution in [0.5, 0.6) is 5.75 Å². The zero-order valence-electron chi connectivity index (χ0n) is 15.9. The number of aryl methyl sites for hydroxylation is 1. The monoisotopic (exact) mass is 355 g/mol. The molecule has 0 N–H and O–H groups in total. The molecule has 0 aliphatic carbocycles. The largest absolute Gasteiger partial charge is 0.496 e. The Morgan fingerprint density at radius 3 is 2.50 bits per heavy atom. The van der Waals surface area contributed by atoms with Crippen LogP contribution in [0.3, 0.4) is 0 Å². The minimum absolute atomic E-state index is 0.205. The predicted molar refractivity (Wildman–Crippen MR) is 102 cm³/mol. The molecule has 0 aliphatic heterocycles. The number of para-hydroxylation sites is 1. The Bertz CT molecular complexity index is 831. The average Bonchev–Trinajstić information content (AvgIpc) is 2.92. The fourth-order valence-corrected chi connectivity index (χ4v) is 3.08. The Balaban J connectivity index is 2.00. The van der Waals surface area contributed by atoms with Crippen LogP contribution in [0.1, 0.15) is 47.2 Å². The molecule has 0 radical (unpaired) electrons. The molecule has 138 valence electrons. The summed E-state index contributed by atoms with van der Waals surface area (Å²) in [5, 5.41) is 0. The van der Waals surface area contributed by atoms with E-state index in [1.54, 1.807) is 19.3 Å². The molecule has 2 aromatic rings. The van der Waals surface area contributed by atoms with Gasteiger partial charge < -0.3 is 14.0 Å². The summed E-state index contributed by atoms with van der Waals surface area (Å²) < 4.78 is 12.4. The zero-order valence-corrected chi connectivity index (χ0v) is 15.9. The fourth-order valence-electron chi connectivity index (χ4n) is 3.08. The molecule has 5 nitrogen and oxygen atoms in total. The van der Waals surface area contributed by atoms with Gasteiger partial charge in [0.15, 0.2) is 6.61 Å². The van der Waals surface area contributed by atoms with Crippen molar-refractivity contribution in [3.05, 3.63) is 58.9 Å². The number of ether oxygens (including phenoxy) is 2. The lowest BCUT2D eigenvalue weighted by Crippen LogP contribution is -2.14. The lowest BCUT2D eigenvalue weighted by atomic mass is 10.1. The first kappa shape index (κ1) is 19.5. The van der Waals surface area contributed by atoms with Crippen molar-refractivity contribution < 1.29 is 19.1 Å². The summed E-state index contributed by atoms with van der Waals surface area (Å²) in [6, 6.07) is 9.44. The molecule has 0 saturated heterocycles. The molecule has 2 rings (SSSR count). The van der Waals surface area contributed by atoms with Gasteiger partial charge in [0.1, 0.15) is 5.75 Å². The topological polar surface area (TPSA) is 57.5 Å². The summed E-state index contributed by atoms with van der Waals surface area (Å²) in [4.78, 5) is 24.3. The summed E-state index contributed by atoms with van der Waals surface area (Å²) in [6.45, 7) is 7.72. The van der Waals surface area contributed by atoms with Crippen LogP contribution in [-0.2, 0) is 9.53 Å². The normalized spacial score (nSPS) is 11.2. The van der Waals surface area contributed by atoms with Gasteiger partial charge in [-0.05, 0) is 45.9 Å². The van der Waals surface area contributed by atoms with Crippen molar-refractivity contribution in [3.8, 4) is 5.75 Å². The van der Waals surface area contributed by atoms with E-state index < -0.39 is 5.97 Å². The summed E-state index contributed by atoms with van der Waals surface area (Å²) in [6.07, 6.45) is 2.90. The van der Waals surface area contributed by atoms with Gasteiger partial charge in [-0.1, -0.05) is 18.2 Å². The number of aromatic nitrogens is 1. The van der Waals surface area contributed by atoms with Crippen LogP contribution < -0.4 is 4.74 Å². The van der Waals surface area contributed by atoms with Gasteiger partial charge in [-0.3, -0.25) is 4.79 Å². The smallest absolute Gasteiger partial charge is 0.331 e. The number of methoxy groups -OCH3 is 1. The SMILES string of the molecule is COc1ccccc1/C=C/C(=O)OCC(=O)c1cc(C)n(C(C)C)c1C. The van der Waals surface area contributed by atoms with Crippen LogP contribution in [0.4, 0.5) is 0 Å². The third kappa shape index (κ3) is 4.42. The molecule has 0 unspecified atom stereocenters. The molecule has 26 heavy (non-hydrogen) atoms. The molecule has 0 aliphatic rings. The van der Waals surface area contributed by atoms with Crippen molar-refractivity contribution in [2.45, 2.75) is 33.7 Å². The summed E-state index contributed by atoms with van der Waals surface area (Å²) in [5.41, 5.74) is 3.27. The van der Waals surface area contributed by atoms with Gasteiger partial charge in [0, 0.05) is 34.6 Å². The number of rotatable bonds is 7. The van der Waals surface area contributed by atoms with E-state index >= 15 is 0 Å². The number of nitrogens with zero attached hydrogens (tertiary/aromatic N) is 1. The summed E-state index contributed by atoms with van der Waals surface area (Å²) in [5.74, 6) is -0.111. The highest BCUT2D eigenvalue weighted by Crippen LogP contribution is 2.21. The van der Waals surface area contributed by atoms with Gasteiger partial charge in [0.25, 0.3) is 0 Å². The minimum atomic E-state index is -0.568. The third-order valence-corrected chi connectivity index (χ3v) is 4.18. The van der Waals surface area contributed by atoms with Crippen molar-refractivity contribution in [1.82, 2.24) is 4.57 Å². The molecule has 1 aromatic heterocycles. The van der Waals surface area contributed by atoms with Crippen molar-refractivity contribution in [2.75, 3.05) is 13.7 Å². The first-order valence-electron chi connectivity index (χ1n) is 8.54. The highest BCUT2D eigenvalue weighted by atomic mass is 16.5. The Kier molecular flexibility index (Phi) is 6.39. The average molecular weight is 355 g/mol. The van der Waals surface area contributed by atoms with Crippen molar-refractivity contribution >= 4 is 17.8 Å². The second kappa shape index (κ2) is 8.52. The van der Waals surface area contributed by atoms with E-state index in [2.05, 4.69) is 18.4 Å². The van der Waals surface area contributed by atoms with E-state index in [4.69, 9.17) is 9.47 Å². The number of Topliss-reactive ketones (excluding diaryl/α,β-unsaturated/α-hetero) is 1. The van der Waals surface area contributed by atoms with Gasteiger partial charge in [-0.15, -0.1) is 0 Å². The third-order valence-electron chi connectivity index (χ3n) is 4.18. The molecule has 0 spiro atoms. The maximum absolute atomic E-state index is 12.4. The van der Waals surface area contributed by atoms with Crippen LogP contribution in [0.25, 0.3) is 6.08 Å². The fraction of sp³-hybridized carbons (Fsp3) is 0.333. The lowest BCUT2D eigenvalue weighted by Gasteiger charge is -2.13. The second-order valence-corrected chi connectivity index (χ2v) is 6.35. The van der Waals surface area contributed by atoms with E-state index in [0.29, 0.717) is 11.3 Å². The minimum Gasteiger partial charge on any atom is -0.496 e. The van der Waals surface area contributed by atoms with Crippen molar-refractivity contribution in [2.24, 2.45) is 0 Å². The van der Waals surface area contributed by atoms with E-state index in [9.17, 15) is 9.59 Å². The molecule has 1 heterocycles. The molecule has 1 aromatic carbocycles. The van der Waals surface area contributed by atoms with Gasteiger partial charge in [-0.25, -0.2) is 4.79 Å². The highest BCUT2D eigenvalue weighted by Gasteiger charge is 2.18. The molecular formula is C21H25NO4. The zero-order chi connectivity index (χ0) is 19.3. The van der Waals surface area contributed by atoms with Gasteiger partial charge in [0.2, 0.25) is 5.78 Å². The maximum atomic E-state index is 12.4. The molecule has 0 saturated carbocycles. The first-order chi connectivity index (χ1) is 12.3. The number of hydrogen-bond acceptors (Lipinski definition) is 4. The van der Waals surface area contributed by atoms with Crippen molar-refractivity contribution in [3.63, 3.8) is 0 Å². The Labute approximate surface area is 154 Å². The standard InChI is InChI=1S/C21H25NO4/c1-14(2)22-15(3)12-18(16(22)4)19(23)13-26-21(24)11-10-17-8-6-7-9-20(17)25-5/h6-12,14H,13H2,1-5H3/b11-10+. The lowest BCUT2D eigenvalue weighted by molar-refractivity contribution is -0.136. The second-order valence-electron chi connectivity index (χ2n) is 6.35. The number of esters is 1.